The zero-order chi connectivity index (χ0) is 8.97. The molecule has 0 aromatic carbocycles. The molecule has 0 saturated carbocycles. The molecule has 0 radical (unpaired) electrons. The standard InChI is InChI=1S/C8H10N2S2/c1-3-8-4-5-10(9-6-8)7(2)12-11/h3-5,7,11H,1H2,2H3. The molecule has 0 aromatic heterocycles. The third kappa shape index (κ3) is 2.21. The molecule has 64 valence electrons. The molecule has 0 fully saturated rings. The van der Waals surface area contributed by atoms with Gasteiger partial charge in [0.2, 0.25) is 0 Å². The first kappa shape index (κ1) is 9.52. The second-order valence-electron chi connectivity index (χ2n) is 2.27. The molecule has 0 bridgehead atoms. The van der Waals surface area contributed by atoms with Crippen molar-refractivity contribution in [1.29, 1.82) is 0 Å². The fraction of sp³-hybridized carbons (Fsp3) is 0.250. The van der Waals surface area contributed by atoms with Gasteiger partial charge in [0.1, 0.15) is 5.37 Å². The maximum atomic E-state index is 4.10. The average molecular weight is 198 g/mol. The molecule has 2 nitrogen and oxygen atoms in total. The van der Waals surface area contributed by atoms with E-state index in [1.54, 1.807) is 11.1 Å². The number of hydrazone groups is 1. The van der Waals surface area contributed by atoms with Gasteiger partial charge < -0.3 is 0 Å². The predicted octanol–water partition coefficient (Wildman–Crippen LogP) is 2.44. The number of hydrogen-bond donors (Lipinski definition) is 1. The monoisotopic (exact) mass is 198 g/mol. The van der Waals surface area contributed by atoms with Gasteiger partial charge in [-0.2, -0.15) is 0 Å². The smallest absolute Gasteiger partial charge is 0.105 e. The lowest BCUT2D eigenvalue weighted by Crippen LogP contribution is -2.19. The minimum atomic E-state index is 0.225. The first-order chi connectivity index (χ1) is 5.77. The van der Waals surface area contributed by atoms with Crippen LogP contribution in [-0.2, 0) is 0 Å². The average Bonchev–Trinajstić information content (AvgIpc) is 2.17. The minimum Gasteiger partial charge on any atom is -0.251 e. The van der Waals surface area contributed by atoms with Gasteiger partial charge in [0.05, 0.1) is 0 Å². The molecule has 0 saturated heterocycles. The summed E-state index contributed by atoms with van der Waals surface area (Å²) in [5.41, 5.74) is 0.905. The Bertz CT molecular complexity index is 264. The second-order valence-corrected chi connectivity index (χ2v) is 3.80. The number of hydrogen-bond acceptors (Lipinski definition) is 4. The van der Waals surface area contributed by atoms with Gasteiger partial charge in [-0.15, -0.1) is 16.8 Å². The zero-order valence-corrected chi connectivity index (χ0v) is 8.48. The molecule has 1 atom stereocenters. The van der Waals surface area contributed by atoms with Gasteiger partial charge >= 0.3 is 0 Å². The largest absolute Gasteiger partial charge is 0.251 e. The van der Waals surface area contributed by atoms with Gasteiger partial charge in [0, 0.05) is 17.6 Å². The van der Waals surface area contributed by atoms with Gasteiger partial charge in [0.15, 0.2) is 0 Å². The summed E-state index contributed by atoms with van der Waals surface area (Å²) in [4.78, 5) is 0. The maximum Gasteiger partial charge on any atom is 0.105 e. The van der Waals surface area contributed by atoms with Crippen molar-refractivity contribution >= 4 is 28.3 Å². The summed E-state index contributed by atoms with van der Waals surface area (Å²) in [6, 6.07) is 0. The summed E-state index contributed by atoms with van der Waals surface area (Å²) in [6.45, 7) is 5.64. The van der Waals surface area contributed by atoms with Crippen LogP contribution in [0.5, 0.6) is 0 Å². The van der Waals surface area contributed by atoms with E-state index in [0.29, 0.717) is 0 Å². The van der Waals surface area contributed by atoms with Crippen molar-refractivity contribution < 1.29 is 0 Å². The molecule has 12 heavy (non-hydrogen) atoms. The van der Waals surface area contributed by atoms with Crippen LogP contribution in [0.2, 0.25) is 0 Å². The van der Waals surface area contributed by atoms with E-state index in [4.69, 9.17) is 0 Å². The lowest BCUT2D eigenvalue weighted by atomic mass is 10.3. The van der Waals surface area contributed by atoms with E-state index >= 15 is 0 Å². The van der Waals surface area contributed by atoms with E-state index in [1.807, 2.05) is 19.2 Å². The Labute approximate surface area is 81.5 Å². The van der Waals surface area contributed by atoms with Crippen molar-refractivity contribution in [2.24, 2.45) is 5.10 Å². The number of allylic oxidation sites excluding steroid dienone is 3. The quantitative estimate of drug-likeness (QED) is 0.553. The molecule has 1 unspecified atom stereocenters. The van der Waals surface area contributed by atoms with Crippen LogP contribution in [0.15, 0.2) is 35.6 Å². The maximum absolute atomic E-state index is 4.10. The van der Waals surface area contributed by atoms with Gasteiger partial charge in [-0.3, -0.25) is 5.01 Å². The van der Waals surface area contributed by atoms with E-state index < -0.39 is 0 Å². The summed E-state index contributed by atoms with van der Waals surface area (Å²) in [6.07, 6.45) is 5.53. The molecule has 0 N–H and O–H groups in total. The van der Waals surface area contributed by atoms with Crippen molar-refractivity contribution in [3.63, 3.8) is 0 Å². The Hall–Kier alpha value is -0.570. The fourth-order valence-electron chi connectivity index (χ4n) is 0.707. The van der Waals surface area contributed by atoms with Crippen LogP contribution in [0, 0.1) is 0 Å². The Morgan fingerprint density at radius 2 is 2.67 bits per heavy atom. The summed E-state index contributed by atoms with van der Waals surface area (Å²) in [5, 5.41) is 6.09. The second kappa shape index (κ2) is 4.45. The third-order valence-corrected chi connectivity index (χ3v) is 2.88. The number of rotatable bonds is 3. The molecule has 0 amide bonds. The summed E-state index contributed by atoms with van der Waals surface area (Å²) in [7, 11) is 1.44. The van der Waals surface area contributed by atoms with Gasteiger partial charge in [-0.1, -0.05) is 23.4 Å². The van der Waals surface area contributed by atoms with E-state index in [-0.39, 0.29) is 5.37 Å². The summed E-state index contributed by atoms with van der Waals surface area (Å²) >= 11 is 4.10. The van der Waals surface area contributed by atoms with E-state index in [9.17, 15) is 0 Å². The van der Waals surface area contributed by atoms with Crippen LogP contribution < -0.4 is 0 Å². The molecular formula is C8H10N2S2. The molecule has 0 spiro atoms. The molecule has 1 rings (SSSR count). The Morgan fingerprint density at radius 3 is 3.08 bits per heavy atom. The molecule has 0 aliphatic carbocycles. The van der Waals surface area contributed by atoms with Crippen LogP contribution in [0.3, 0.4) is 0 Å². The van der Waals surface area contributed by atoms with Crippen LogP contribution in [-0.4, -0.2) is 16.3 Å². The van der Waals surface area contributed by atoms with Crippen molar-refractivity contribution in [1.82, 2.24) is 5.01 Å². The van der Waals surface area contributed by atoms with E-state index in [2.05, 4.69) is 29.2 Å². The SMILES string of the molecule is C=CC1=C=NN(C(C)SS)C=C1. The highest BCUT2D eigenvalue weighted by molar-refractivity contribution is 8.68. The van der Waals surface area contributed by atoms with Crippen LogP contribution in [0.4, 0.5) is 0 Å². The third-order valence-electron chi connectivity index (χ3n) is 1.45. The van der Waals surface area contributed by atoms with Crippen molar-refractivity contribution in [2.45, 2.75) is 12.3 Å². The Morgan fingerprint density at radius 1 is 1.92 bits per heavy atom. The first-order valence-electron chi connectivity index (χ1n) is 3.50. The Balaban J connectivity index is 2.73. The normalized spacial score (nSPS) is 17.5. The highest BCUT2D eigenvalue weighted by Gasteiger charge is 2.08. The van der Waals surface area contributed by atoms with Crippen LogP contribution in [0.25, 0.3) is 0 Å². The number of thiol groups is 1. The van der Waals surface area contributed by atoms with Crippen LogP contribution in [0.1, 0.15) is 6.92 Å². The first-order valence-corrected chi connectivity index (χ1v) is 5.44. The minimum absolute atomic E-state index is 0.225. The van der Waals surface area contributed by atoms with Crippen molar-refractivity contribution in [3.05, 3.63) is 30.5 Å². The predicted molar refractivity (Wildman–Crippen MR) is 58.2 cm³/mol. The molecule has 1 aliphatic heterocycles. The lowest BCUT2D eigenvalue weighted by Gasteiger charge is -2.19. The summed E-state index contributed by atoms with van der Waals surface area (Å²) in [5.74, 6) is 2.85. The molecular weight excluding hydrogens is 188 g/mol. The Kier molecular flexibility index (Phi) is 3.53. The van der Waals surface area contributed by atoms with Crippen LogP contribution >= 0.6 is 22.5 Å². The van der Waals surface area contributed by atoms with Gasteiger partial charge in [0.25, 0.3) is 0 Å². The lowest BCUT2D eigenvalue weighted by molar-refractivity contribution is 0.394. The summed E-state index contributed by atoms with van der Waals surface area (Å²) < 4.78 is 0. The van der Waals surface area contributed by atoms with E-state index in [1.165, 1.54) is 10.8 Å². The zero-order valence-electron chi connectivity index (χ0n) is 6.77. The van der Waals surface area contributed by atoms with Gasteiger partial charge in [-0.25, -0.2) is 0 Å². The highest BCUT2D eigenvalue weighted by Crippen LogP contribution is 2.20. The number of nitrogens with zero attached hydrogens (tertiary/aromatic N) is 2. The molecule has 1 aliphatic rings. The van der Waals surface area contributed by atoms with Crippen molar-refractivity contribution in [2.75, 3.05) is 0 Å². The molecule has 0 aromatic rings. The highest BCUT2D eigenvalue weighted by atomic mass is 33.1. The molecule has 1 heterocycles. The fourth-order valence-corrected chi connectivity index (χ4v) is 1.21. The molecule has 4 heteroatoms. The van der Waals surface area contributed by atoms with E-state index in [0.717, 1.165) is 5.57 Å². The van der Waals surface area contributed by atoms with Crippen molar-refractivity contribution in [3.8, 4) is 0 Å². The van der Waals surface area contributed by atoms with Gasteiger partial charge in [-0.05, 0) is 13.0 Å². The topological polar surface area (TPSA) is 15.6 Å².